The van der Waals surface area contributed by atoms with Crippen molar-refractivity contribution in [3.63, 3.8) is 0 Å². The van der Waals surface area contributed by atoms with Crippen molar-refractivity contribution in [2.24, 2.45) is 0 Å². The highest BCUT2D eigenvalue weighted by atomic mass is 16.5. The van der Waals surface area contributed by atoms with Crippen LogP contribution < -0.4 is 4.74 Å². The van der Waals surface area contributed by atoms with Crippen molar-refractivity contribution < 1.29 is 23.8 Å². The molecule has 0 bridgehead atoms. The van der Waals surface area contributed by atoms with Gasteiger partial charge in [-0.15, -0.1) is 0 Å². The molecule has 2 rings (SSSR count). The van der Waals surface area contributed by atoms with Crippen LogP contribution in [-0.4, -0.2) is 26.2 Å². The average Bonchev–Trinajstić information content (AvgIpc) is 2.65. The van der Waals surface area contributed by atoms with Gasteiger partial charge in [-0.1, -0.05) is 38.1 Å². The van der Waals surface area contributed by atoms with Crippen molar-refractivity contribution >= 4 is 11.9 Å². The Morgan fingerprint density at radius 3 is 1.84 bits per heavy atom. The van der Waals surface area contributed by atoms with Crippen LogP contribution in [0.15, 0.2) is 42.5 Å². The minimum atomic E-state index is -0.545. The molecule has 0 radical (unpaired) electrons. The Kier molecular flexibility index (Phi) is 6.17. The number of esters is 2. The standard InChI is InChI=1S/C20H22O5/c1-13(2)15-7-5-14(6-8-15)12-25-18-10-16(19(21)23-3)9-17(11-18)20(22)24-4/h5-11,13H,12H2,1-4H3. The molecule has 132 valence electrons. The summed E-state index contributed by atoms with van der Waals surface area (Å²) in [6.07, 6.45) is 0. The number of methoxy groups -OCH3 is 2. The fraction of sp³-hybridized carbons (Fsp3) is 0.300. The first-order chi connectivity index (χ1) is 11.9. The van der Waals surface area contributed by atoms with E-state index in [1.807, 2.05) is 12.1 Å². The maximum absolute atomic E-state index is 11.8. The first-order valence-corrected chi connectivity index (χ1v) is 7.98. The molecule has 25 heavy (non-hydrogen) atoms. The van der Waals surface area contributed by atoms with Crippen LogP contribution >= 0.6 is 0 Å². The minimum absolute atomic E-state index is 0.232. The molecule has 0 aliphatic rings. The van der Waals surface area contributed by atoms with Gasteiger partial charge in [-0.05, 0) is 35.2 Å². The molecule has 0 saturated heterocycles. The maximum Gasteiger partial charge on any atom is 0.338 e. The predicted octanol–water partition coefficient (Wildman–Crippen LogP) is 3.96. The molecule has 0 aliphatic carbocycles. The molecular weight excluding hydrogens is 320 g/mol. The lowest BCUT2D eigenvalue weighted by atomic mass is 10.0. The zero-order chi connectivity index (χ0) is 18.4. The number of benzene rings is 2. The summed E-state index contributed by atoms with van der Waals surface area (Å²) in [7, 11) is 2.56. The van der Waals surface area contributed by atoms with Crippen LogP contribution in [0.2, 0.25) is 0 Å². The van der Waals surface area contributed by atoms with Gasteiger partial charge in [0.15, 0.2) is 0 Å². The van der Waals surface area contributed by atoms with Gasteiger partial charge < -0.3 is 14.2 Å². The number of ether oxygens (including phenoxy) is 3. The first-order valence-electron chi connectivity index (χ1n) is 7.98. The van der Waals surface area contributed by atoms with Gasteiger partial charge in [-0.2, -0.15) is 0 Å². The molecule has 0 unspecified atom stereocenters. The largest absolute Gasteiger partial charge is 0.489 e. The van der Waals surface area contributed by atoms with Crippen LogP contribution in [-0.2, 0) is 16.1 Å². The molecule has 5 heteroatoms. The lowest BCUT2D eigenvalue weighted by molar-refractivity contribution is 0.0598. The number of carbonyl (C=O) groups excluding carboxylic acids is 2. The molecule has 0 N–H and O–H groups in total. The zero-order valence-electron chi connectivity index (χ0n) is 14.9. The monoisotopic (exact) mass is 342 g/mol. The van der Waals surface area contributed by atoms with Gasteiger partial charge in [0.05, 0.1) is 25.3 Å². The number of carbonyl (C=O) groups is 2. The van der Waals surface area contributed by atoms with E-state index >= 15 is 0 Å². The van der Waals surface area contributed by atoms with Crippen molar-refractivity contribution in [1.29, 1.82) is 0 Å². The van der Waals surface area contributed by atoms with Gasteiger partial charge in [-0.3, -0.25) is 0 Å². The molecule has 2 aromatic carbocycles. The summed E-state index contributed by atoms with van der Waals surface area (Å²) in [4.78, 5) is 23.5. The van der Waals surface area contributed by atoms with Gasteiger partial charge in [0, 0.05) is 0 Å². The Hall–Kier alpha value is -2.82. The van der Waals surface area contributed by atoms with Gasteiger partial charge in [0.2, 0.25) is 0 Å². The molecular formula is C20H22O5. The Morgan fingerprint density at radius 2 is 1.40 bits per heavy atom. The normalized spacial score (nSPS) is 10.4. The lowest BCUT2D eigenvalue weighted by Crippen LogP contribution is -2.07. The molecule has 0 atom stereocenters. The number of hydrogen-bond acceptors (Lipinski definition) is 5. The quantitative estimate of drug-likeness (QED) is 0.744. The summed E-state index contributed by atoms with van der Waals surface area (Å²) < 4.78 is 15.2. The molecule has 0 spiro atoms. The van der Waals surface area contributed by atoms with Gasteiger partial charge in [0.1, 0.15) is 12.4 Å². The fourth-order valence-corrected chi connectivity index (χ4v) is 2.32. The number of hydrogen-bond donors (Lipinski definition) is 0. The fourth-order valence-electron chi connectivity index (χ4n) is 2.32. The molecule has 5 nitrogen and oxygen atoms in total. The molecule has 0 fully saturated rings. The summed E-state index contributed by atoms with van der Waals surface area (Å²) in [5.41, 5.74) is 2.71. The lowest BCUT2D eigenvalue weighted by Gasteiger charge is -2.11. The molecule has 0 aromatic heterocycles. The van der Waals surface area contributed by atoms with Crippen molar-refractivity contribution in [3.05, 3.63) is 64.7 Å². The molecule has 0 amide bonds. The summed E-state index contributed by atoms with van der Waals surface area (Å²) in [5, 5.41) is 0. The van der Waals surface area contributed by atoms with E-state index in [4.69, 9.17) is 14.2 Å². The average molecular weight is 342 g/mol. The second kappa shape index (κ2) is 8.33. The van der Waals surface area contributed by atoms with Crippen LogP contribution in [0.4, 0.5) is 0 Å². The van der Waals surface area contributed by atoms with E-state index in [1.54, 1.807) is 12.1 Å². The highest BCUT2D eigenvalue weighted by Crippen LogP contribution is 2.21. The summed E-state index contributed by atoms with van der Waals surface area (Å²) in [5.74, 6) is -0.223. The highest BCUT2D eigenvalue weighted by Gasteiger charge is 2.14. The van der Waals surface area contributed by atoms with Gasteiger partial charge in [0.25, 0.3) is 0 Å². The van der Waals surface area contributed by atoms with Crippen molar-refractivity contribution in [2.75, 3.05) is 14.2 Å². The third-order valence-electron chi connectivity index (χ3n) is 3.80. The smallest absolute Gasteiger partial charge is 0.338 e. The molecule has 2 aromatic rings. The van der Waals surface area contributed by atoms with Crippen LogP contribution in [0.25, 0.3) is 0 Å². The van der Waals surface area contributed by atoms with Crippen LogP contribution in [0, 0.1) is 0 Å². The van der Waals surface area contributed by atoms with E-state index in [-0.39, 0.29) is 11.1 Å². The third-order valence-corrected chi connectivity index (χ3v) is 3.80. The minimum Gasteiger partial charge on any atom is -0.489 e. The zero-order valence-corrected chi connectivity index (χ0v) is 14.9. The Balaban J connectivity index is 2.19. The van der Waals surface area contributed by atoms with E-state index in [0.29, 0.717) is 18.3 Å². The third kappa shape index (κ3) is 4.83. The van der Waals surface area contributed by atoms with E-state index in [9.17, 15) is 9.59 Å². The van der Waals surface area contributed by atoms with E-state index in [0.717, 1.165) is 5.56 Å². The Bertz CT molecular complexity index is 713. The van der Waals surface area contributed by atoms with E-state index in [2.05, 4.69) is 26.0 Å². The van der Waals surface area contributed by atoms with Crippen molar-refractivity contribution in [1.82, 2.24) is 0 Å². The predicted molar refractivity (Wildman–Crippen MR) is 94.0 cm³/mol. The van der Waals surface area contributed by atoms with Gasteiger partial charge >= 0.3 is 11.9 Å². The van der Waals surface area contributed by atoms with E-state index in [1.165, 1.54) is 25.8 Å². The Labute approximate surface area is 147 Å². The van der Waals surface area contributed by atoms with Crippen LogP contribution in [0.1, 0.15) is 51.6 Å². The van der Waals surface area contributed by atoms with Gasteiger partial charge in [-0.25, -0.2) is 9.59 Å². The summed E-state index contributed by atoms with van der Waals surface area (Å²) in [6, 6.07) is 12.6. The first kappa shape index (κ1) is 18.5. The van der Waals surface area contributed by atoms with Crippen molar-refractivity contribution in [3.8, 4) is 5.75 Å². The maximum atomic E-state index is 11.8. The van der Waals surface area contributed by atoms with E-state index < -0.39 is 11.9 Å². The topological polar surface area (TPSA) is 61.8 Å². The Morgan fingerprint density at radius 1 is 0.880 bits per heavy atom. The van der Waals surface area contributed by atoms with Crippen LogP contribution in [0.3, 0.4) is 0 Å². The molecule has 0 aliphatic heterocycles. The summed E-state index contributed by atoms with van der Waals surface area (Å²) in [6.45, 7) is 4.60. The second-order valence-corrected chi connectivity index (χ2v) is 5.91. The second-order valence-electron chi connectivity index (χ2n) is 5.91. The molecule has 0 heterocycles. The van der Waals surface area contributed by atoms with Crippen LogP contribution in [0.5, 0.6) is 5.75 Å². The summed E-state index contributed by atoms with van der Waals surface area (Å²) >= 11 is 0. The molecule has 0 saturated carbocycles. The SMILES string of the molecule is COC(=O)c1cc(OCc2ccc(C(C)C)cc2)cc(C(=O)OC)c1. The van der Waals surface area contributed by atoms with Crippen molar-refractivity contribution in [2.45, 2.75) is 26.4 Å². The highest BCUT2D eigenvalue weighted by molar-refractivity contribution is 5.96. The number of rotatable bonds is 6.